The number of carboxylic acid groups (broad SMARTS) is 1. The standard InChI is InChI=1S/C46H43NO15/c1-22-41(52)32(47-45(56)60-20-31-25-10-5-3-8-23(25)24-9-4-6-11-26(24)31)17-38(61-22)62-34-19-46(57,35(48)21-59-37(51)15-14-36(49)50)18-30-28(34)16-29-40(44(30)55)42(53)27-12-7-13-33(58-2)39(27)43(29)54/h3-13,16,22,31-32,34,38,41,52,55,57H,14-15,17-21H2,1-2H3,(H,47,56)(H,49,50)/t22?,32?,34-,38?,41?,46-/m0/s1. The third-order valence-electron chi connectivity index (χ3n) is 12.1. The summed E-state index contributed by atoms with van der Waals surface area (Å²) in [6.45, 7) is 0.611. The Labute approximate surface area is 354 Å². The first-order chi connectivity index (χ1) is 29.7. The largest absolute Gasteiger partial charge is 0.507 e. The number of phenolic OH excluding ortho intramolecular Hbond substituents is 1. The molecule has 1 saturated heterocycles. The number of phenols is 1. The molecule has 4 aromatic rings. The number of amides is 1. The van der Waals surface area contributed by atoms with Crippen LogP contribution in [0.15, 0.2) is 72.8 Å². The molecule has 3 aliphatic carbocycles. The highest BCUT2D eigenvalue weighted by molar-refractivity contribution is 6.30. The minimum Gasteiger partial charge on any atom is -0.507 e. The molecule has 1 fully saturated rings. The molecule has 1 aliphatic heterocycles. The molecule has 16 heteroatoms. The van der Waals surface area contributed by atoms with Gasteiger partial charge >= 0.3 is 18.0 Å². The zero-order valence-corrected chi connectivity index (χ0v) is 33.6. The Kier molecular flexibility index (Phi) is 11.4. The van der Waals surface area contributed by atoms with Gasteiger partial charge in [0.05, 0.1) is 49.3 Å². The molecule has 4 aromatic carbocycles. The number of aromatic hydroxyl groups is 1. The molecule has 0 spiro atoms. The van der Waals surface area contributed by atoms with Crippen LogP contribution in [-0.2, 0) is 39.8 Å². The maximum Gasteiger partial charge on any atom is 0.407 e. The van der Waals surface area contributed by atoms with E-state index in [4.69, 9.17) is 28.8 Å². The second-order valence-electron chi connectivity index (χ2n) is 15.8. The van der Waals surface area contributed by atoms with Gasteiger partial charge in [-0.05, 0) is 46.9 Å². The van der Waals surface area contributed by atoms with Gasteiger partial charge in [0.15, 0.2) is 24.5 Å². The van der Waals surface area contributed by atoms with Crippen LogP contribution in [0.5, 0.6) is 11.5 Å². The Bertz CT molecular complexity index is 2470. The third-order valence-corrected chi connectivity index (χ3v) is 12.1. The van der Waals surface area contributed by atoms with Gasteiger partial charge in [0.25, 0.3) is 0 Å². The lowest BCUT2D eigenvalue weighted by Crippen LogP contribution is -2.56. The first-order valence-corrected chi connectivity index (χ1v) is 20.1. The lowest BCUT2D eigenvalue weighted by atomic mass is 9.72. The smallest absolute Gasteiger partial charge is 0.407 e. The lowest BCUT2D eigenvalue weighted by molar-refractivity contribution is -0.249. The number of alkyl carbamates (subject to hydrolysis) is 1. The van der Waals surface area contributed by atoms with Crippen molar-refractivity contribution in [1.29, 1.82) is 0 Å². The van der Waals surface area contributed by atoms with Crippen LogP contribution >= 0.6 is 0 Å². The van der Waals surface area contributed by atoms with E-state index in [1.54, 1.807) is 6.92 Å². The van der Waals surface area contributed by atoms with Crippen molar-refractivity contribution in [3.05, 3.63) is 117 Å². The summed E-state index contributed by atoms with van der Waals surface area (Å²) in [7, 11) is 1.34. The Hall–Kier alpha value is -6.46. The van der Waals surface area contributed by atoms with Gasteiger partial charge in [0.2, 0.25) is 5.78 Å². The number of nitrogens with one attached hydrogen (secondary N) is 1. The predicted octanol–water partition coefficient (Wildman–Crippen LogP) is 4.29. The molecule has 8 rings (SSSR count). The molecular formula is C46H43NO15. The molecular weight excluding hydrogens is 806 g/mol. The molecule has 16 nitrogen and oxygen atoms in total. The van der Waals surface area contributed by atoms with Crippen LogP contribution in [0.3, 0.4) is 0 Å². The van der Waals surface area contributed by atoms with E-state index in [-0.39, 0.29) is 58.1 Å². The van der Waals surface area contributed by atoms with Crippen molar-refractivity contribution in [3.63, 3.8) is 0 Å². The molecule has 0 saturated carbocycles. The first kappa shape index (κ1) is 42.2. The van der Waals surface area contributed by atoms with Gasteiger partial charge < -0.3 is 49.4 Å². The van der Waals surface area contributed by atoms with Gasteiger partial charge in [-0.2, -0.15) is 0 Å². The van der Waals surface area contributed by atoms with Crippen molar-refractivity contribution in [2.45, 2.75) is 81.2 Å². The van der Waals surface area contributed by atoms with Crippen LogP contribution in [0, 0.1) is 0 Å². The highest BCUT2D eigenvalue weighted by Crippen LogP contribution is 2.49. The topological polar surface area (TPSA) is 242 Å². The number of hydrogen-bond donors (Lipinski definition) is 5. The Balaban J connectivity index is 1.05. The molecule has 4 aliphatic rings. The summed E-state index contributed by atoms with van der Waals surface area (Å²) in [4.78, 5) is 78.2. The molecule has 4 unspecified atom stereocenters. The number of aliphatic carboxylic acids is 1. The molecule has 0 aromatic heterocycles. The van der Waals surface area contributed by atoms with Gasteiger partial charge in [-0.15, -0.1) is 0 Å². The van der Waals surface area contributed by atoms with Gasteiger partial charge in [-0.3, -0.25) is 24.0 Å². The van der Waals surface area contributed by atoms with E-state index in [1.807, 2.05) is 48.5 Å². The van der Waals surface area contributed by atoms with Crippen LogP contribution in [0.25, 0.3) is 11.1 Å². The number of carbonyl (C=O) groups excluding carboxylic acids is 5. The summed E-state index contributed by atoms with van der Waals surface area (Å²) < 4.78 is 28.5. The van der Waals surface area contributed by atoms with Crippen LogP contribution in [-0.4, -0.2) is 106 Å². The van der Waals surface area contributed by atoms with E-state index in [0.29, 0.717) is 0 Å². The monoisotopic (exact) mass is 849 g/mol. The zero-order chi connectivity index (χ0) is 44.0. The molecule has 62 heavy (non-hydrogen) atoms. The molecule has 322 valence electrons. The van der Waals surface area contributed by atoms with E-state index < -0.39 is 110 Å². The van der Waals surface area contributed by atoms with E-state index in [9.17, 15) is 44.1 Å². The molecule has 1 amide bonds. The number of hydrogen-bond acceptors (Lipinski definition) is 14. The molecule has 1 heterocycles. The van der Waals surface area contributed by atoms with Crippen LogP contribution in [0.1, 0.15) is 98.7 Å². The van der Waals surface area contributed by atoms with Gasteiger partial charge in [-0.1, -0.05) is 60.7 Å². The Morgan fingerprint density at radius 3 is 2.19 bits per heavy atom. The van der Waals surface area contributed by atoms with Crippen molar-refractivity contribution in [1.82, 2.24) is 5.32 Å². The Morgan fingerprint density at radius 2 is 1.52 bits per heavy atom. The minimum absolute atomic E-state index is 0.0143. The zero-order valence-electron chi connectivity index (χ0n) is 33.6. The number of Topliss-reactive ketones (excluding diaryl/α,β-unsaturated/α-hetero) is 1. The van der Waals surface area contributed by atoms with Crippen molar-refractivity contribution in [2.75, 3.05) is 20.3 Å². The summed E-state index contributed by atoms with van der Waals surface area (Å²) in [5.74, 6) is -5.38. The number of carboxylic acids is 1. The highest BCUT2D eigenvalue weighted by atomic mass is 16.7. The maximum absolute atomic E-state index is 14.1. The third kappa shape index (κ3) is 7.70. The van der Waals surface area contributed by atoms with Gasteiger partial charge in [0.1, 0.15) is 29.8 Å². The van der Waals surface area contributed by atoms with Crippen molar-refractivity contribution >= 4 is 35.4 Å². The molecule has 0 bridgehead atoms. The summed E-state index contributed by atoms with van der Waals surface area (Å²) in [6, 6.07) is 20.5. The van der Waals surface area contributed by atoms with E-state index in [1.165, 1.54) is 31.4 Å². The average Bonchev–Trinajstić information content (AvgIpc) is 3.58. The second kappa shape index (κ2) is 16.8. The van der Waals surface area contributed by atoms with Crippen LogP contribution in [0.4, 0.5) is 4.79 Å². The van der Waals surface area contributed by atoms with Crippen molar-refractivity contribution in [3.8, 4) is 22.6 Å². The Morgan fingerprint density at radius 1 is 0.855 bits per heavy atom. The van der Waals surface area contributed by atoms with Gasteiger partial charge in [-0.25, -0.2) is 4.79 Å². The van der Waals surface area contributed by atoms with Crippen LogP contribution < -0.4 is 10.1 Å². The summed E-state index contributed by atoms with van der Waals surface area (Å²) >= 11 is 0. The summed E-state index contributed by atoms with van der Waals surface area (Å²) in [5, 5.41) is 46.6. The number of fused-ring (bicyclic) bond motifs is 6. The second-order valence-corrected chi connectivity index (χ2v) is 15.8. The van der Waals surface area contributed by atoms with Crippen LogP contribution in [0.2, 0.25) is 0 Å². The molecule has 6 atom stereocenters. The number of aliphatic hydroxyl groups is 2. The highest BCUT2D eigenvalue weighted by Gasteiger charge is 2.49. The maximum atomic E-state index is 14.1. The predicted molar refractivity (Wildman–Crippen MR) is 215 cm³/mol. The van der Waals surface area contributed by atoms with E-state index in [2.05, 4.69) is 5.32 Å². The fraction of sp³-hybridized carbons (Fsp3) is 0.348. The first-order valence-electron chi connectivity index (χ1n) is 20.1. The van der Waals surface area contributed by atoms with Crippen molar-refractivity contribution in [2.24, 2.45) is 0 Å². The number of benzene rings is 4. The number of carbonyl (C=O) groups is 6. The number of methoxy groups -OCH3 is 1. The van der Waals surface area contributed by atoms with E-state index in [0.717, 1.165) is 22.3 Å². The molecule has 0 radical (unpaired) electrons. The number of esters is 1. The molecule has 5 N–H and O–H groups in total. The average molecular weight is 850 g/mol. The quantitative estimate of drug-likeness (QED) is 0.110. The normalized spacial score (nSPS) is 23.5. The number of ketones is 3. The number of rotatable bonds is 12. The van der Waals surface area contributed by atoms with Gasteiger partial charge in [0, 0.05) is 41.9 Å². The van der Waals surface area contributed by atoms with Crippen molar-refractivity contribution < 1.29 is 72.9 Å². The SMILES string of the molecule is COc1cccc2c1C(=O)c1cc3c(c(O)c1C2=O)C[C@@](O)(C(=O)COC(=O)CCC(=O)O)C[C@@H]3OC1CC(NC(=O)OCC2c3ccccc3-c3ccccc32)C(O)C(C)O1. The lowest BCUT2D eigenvalue weighted by Gasteiger charge is -2.42. The summed E-state index contributed by atoms with van der Waals surface area (Å²) in [6.07, 6.45) is -7.87. The van der Waals surface area contributed by atoms with E-state index >= 15 is 0 Å². The fourth-order valence-electron chi connectivity index (χ4n) is 8.94. The minimum atomic E-state index is -2.39. The number of aliphatic hydroxyl groups excluding tert-OH is 1. The fourth-order valence-corrected chi connectivity index (χ4v) is 8.94. The number of ether oxygens (including phenoxy) is 5. The summed E-state index contributed by atoms with van der Waals surface area (Å²) in [5.41, 5.74) is 1.20.